The molecule has 0 unspecified atom stereocenters. The molecule has 0 aromatic heterocycles. The first-order valence-corrected chi connectivity index (χ1v) is 36.1. The van der Waals surface area contributed by atoms with Gasteiger partial charge < -0.3 is 100 Å². The molecule has 15 N–H and O–H groups in total. The second-order valence-electron chi connectivity index (χ2n) is 28.2. The first-order valence-electron chi connectivity index (χ1n) is 34.5. The van der Waals surface area contributed by atoms with Gasteiger partial charge in [0, 0.05) is 58.3 Å². The number of hydrogen-bond donors (Lipinski definition) is 13. The van der Waals surface area contributed by atoms with Gasteiger partial charge in [-0.1, -0.05) is 172 Å². The van der Waals surface area contributed by atoms with Crippen LogP contribution >= 0.6 is 11.8 Å². The number of rotatable bonds is 31. The third kappa shape index (κ3) is 72.6. The third-order valence-corrected chi connectivity index (χ3v) is 13.1. The highest BCUT2D eigenvalue weighted by molar-refractivity contribution is 7.97. The maximum Gasteiger partial charge on any atom is 0.408 e. The number of aldehydes is 3. The largest absolute Gasteiger partial charge is 1.00 e. The van der Waals surface area contributed by atoms with Crippen LogP contribution < -0.4 is 66.0 Å². The van der Waals surface area contributed by atoms with E-state index in [-0.39, 0.29) is 171 Å². The highest BCUT2D eigenvalue weighted by Gasteiger charge is 2.32. The molecule has 0 saturated heterocycles. The van der Waals surface area contributed by atoms with Crippen LogP contribution in [0.15, 0.2) is 46.6 Å². The molecule has 8 atom stereocenters. The Morgan fingerprint density at radius 2 is 0.717 bits per heavy atom. The Labute approximate surface area is 656 Å². The van der Waals surface area contributed by atoms with Crippen LogP contribution in [0.1, 0.15) is 207 Å². The van der Waals surface area contributed by atoms with Gasteiger partial charge in [-0.2, -0.15) is 11.8 Å². The van der Waals surface area contributed by atoms with E-state index in [2.05, 4.69) is 76.9 Å². The topological polar surface area (TPSA) is 395 Å². The van der Waals surface area contributed by atoms with Crippen LogP contribution in [0.4, 0.5) is 4.79 Å². The van der Waals surface area contributed by atoms with Crippen LogP contribution in [0.25, 0.3) is 0 Å². The second kappa shape index (κ2) is 78.9. The molecule has 7 amide bonds. The normalized spacial score (nSPS) is 13.5. The summed E-state index contributed by atoms with van der Waals surface area (Å²) in [5, 5.41) is 52.5. The predicted molar refractivity (Wildman–Crippen MR) is 439 cm³/mol. The summed E-state index contributed by atoms with van der Waals surface area (Å²) in [6.07, 6.45) is 15.3. The van der Waals surface area contributed by atoms with Gasteiger partial charge in [-0.25, -0.2) is 4.79 Å². The zero-order valence-corrected chi connectivity index (χ0v) is 68.9. The fraction of sp³-hybridized carbons (Fsp3) is 0.769. The molecule has 0 fully saturated rings. The van der Waals surface area contributed by atoms with E-state index in [1.807, 2.05) is 138 Å². The second-order valence-corrected chi connectivity index (χ2v) is 29.0. The molecule has 634 valence electrons. The van der Waals surface area contributed by atoms with E-state index in [1.54, 1.807) is 85.3 Å². The average molecular weight is 1560 g/mol. The standard InChI is InChI=1S/C18H28N2O4.C18H26N2O4.C16H32N2O4.C11H24N2O2.2C2H7N.2C2H6O.C2H6S.5CH4.ClH/c2*1-11(2)7-15(10-22)19-18(24)16(12(3)4)20-17(23)14-6-5-13(8-14)9-21;1-10(2)8-12(9-19)17-14(20)13(11(3)4)18-15(21)22-16(5,6)7;1-7(2)5-9(6-14)13-11(15)10(12)8(3)4;5*1-3-2;;;;;;/h5-6,9,11-12,15-16,22H,7-8,10H2,1-4H3,(H,19,24)(H,20,23);5-6,9-12,15-16H,7-8H2,1-4H3,(H,19,24)(H,20,23);10-13,19H,8-9H2,1-7H3,(H,17,20)(H,18,21);7-10,14H,5-6,12H2,1-4H3,(H,13,15);2*3H,1-2H3;3*1-2H3;5*1H4;1H/t2*15-,16-;12-,13-;9-,10-;;;;;;;;;;;/m0000.........../s1. The molecule has 28 heteroatoms. The number of allylic oxidation sites excluding steroid dienone is 6. The minimum atomic E-state index is -0.742. The van der Waals surface area contributed by atoms with Gasteiger partial charge in [-0.3, -0.25) is 38.4 Å². The van der Waals surface area contributed by atoms with E-state index in [0.717, 1.165) is 19.0 Å². The summed E-state index contributed by atoms with van der Waals surface area (Å²) in [6.45, 7) is 36.1. The van der Waals surface area contributed by atoms with Crippen molar-refractivity contribution in [3.63, 3.8) is 0 Å². The molecule has 0 bridgehead atoms. The minimum absolute atomic E-state index is 0. The summed E-state index contributed by atoms with van der Waals surface area (Å²) in [5.41, 5.74) is 5.19. The smallest absolute Gasteiger partial charge is 0.408 e. The van der Waals surface area contributed by atoms with Gasteiger partial charge in [0.25, 0.3) is 5.91 Å². The van der Waals surface area contributed by atoms with Crippen molar-refractivity contribution in [2.45, 2.75) is 261 Å². The van der Waals surface area contributed by atoms with Gasteiger partial charge in [-0.15, -0.1) is 0 Å². The summed E-state index contributed by atoms with van der Waals surface area (Å²) in [6, 6.07) is -3.72. The molecule has 2 aliphatic rings. The lowest BCUT2D eigenvalue weighted by atomic mass is 10.00. The number of carbonyl (C=O) groups excluding carboxylic acids is 10. The first kappa shape index (κ1) is 130. The van der Waals surface area contributed by atoms with Crippen molar-refractivity contribution in [3.8, 4) is 0 Å². The molecule has 0 saturated carbocycles. The predicted octanol–water partition coefficient (Wildman–Crippen LogP) is 5.61. The van der Waals surface area contributed by atoms with Crippen LogP contribution in [0, 0.1) is 47.3 Å². The maximum atomic E-state index is 12.5. The van der Waals surface area contributed by atoms with Crippen molar-refractivity contribution in [2.75, 3.05) is 89.0 Å². The molecule has 0 aromatic rings. The summed E-state index contributed by atoms with van der Waals surface area (Å²) in [5.74, 6) is -0.454. The maximum absolute atomic E-state index is 12.5. The van der Waals surface area contributed by atoms with E-state index in [0.29, 0.717) is 65.6 Å². The van der Waals surface area contributed by atoms with E-state index < -0.39 is 35.9 Å². The van der Waals surface area contributed by atoms with Crippen LogP contribution in [0.3, 0.4) is 0 Å². The molecular formula is C78H163ClN10O16S. The average Bonchev–Trinajstić information content (AvgIpc) is 1.63. The molecule has 0 spiro atoms. The van der Waals surface area contributed by atoms with Gasteiger partial charge >= 0.3 is 6.09 Å². The van der Waals surface area contributed by atoms with Crippen LogP contribution in [0.2, 0.25) is 0 Å². The lowest BCUT2D eigenvalue weighted by Gasteiger charge is -2.27. The molecule has 26 nitrogen and oxygen atoms in total. The van der Waals surface area contributed by atoms with Gasteiger partial charge in [0.05, 0.1) is 44.0 Å². The highest BCUT2D eigenvalue weighted by atomic mass is 35.5. The van der Waals surface area contributed by atoms with E-state index >= 15 is 0 Å². The van der Waals surface area contributed by atoms with Crippen LogP contribution in [-0.4, -0.2) is 219 Å². The third-order valence-electron chi connectivity index (χ3n) is 13.1. The van der Waals surface area contributed by atoms with Crippen molar-refractivity contribution in [3.05, 3.63) is 46.6 Å². The Morgan fingerprint density at radius 1 is 0.462 bits per heavy atom. The number of nitrogens with one attached hydrogen (secondary N) is 9. The van der Waals surface area contributed by atoms with Crippen LogP contribution in [0.5, 0.6) is 0 Å². The lowest BCUT2D eigenvalue weighted by Crippen LogP contribution is -3.00. The molecule has 2 rings (SSSR count). The Kier molecular flexibility index (Phi) is 96.7. The summed E-state index contributed by atoms with van der Waals surface area (Å²) < 4.78 is 13.7. The summed E-state index contributed by atoms with van der Waals surface area (Å²) in [7, 11) is 14.0. The number of aliphatic hydroxyl groups excluding tert-OH is 3. The van der Waals surface area contributed by atoms with Crippen LogP contribution in [-0.2, 0) is 57.4 Å². The first-order chi connectivity index (χ1) is 46.5. The molecule has 0 heterocycles. The van der Waals surface area contributed by atoms with Gasteiger partial charge in [0.2, 0.25) is 29.5 Å². The van der Waals surface area contributed by atoms with Gasteiger partial charge in [0.1, 0.15) is 42.6 Å². The fourth-order valence-corrected chi connectivity index (χ4v) is 8.44. The Morgan fingerprint density at radius 3 is 0.925 bits per heavy atom. The SMILES string of the molecule is C.C.C.C.C.CC(C)C[C@@H](C=O)NC(=O)[C@@H](NC(=O)C1=CC=C(C=O)C1)C(C)C.CC(C)C[C@@H](CO)NC(=O)[C@@H](NC(=O)C1=CC=C(C=O)C1)C(C)C.CC(C)C[C@@H](CO)NC(=O)[C@@H](NC(=O)OC(C)(C)C)C(C)C.CC(C)C[C@@H](CO)NC(=O)[C@@H]([NH3+])C(C)C.CNC.CNC.COC.COC.CSC.[Cl-]. The molecular weight excluding hydrogens is 1400 g/mol. The monoisotopic (exact) mass is 1560 g/mol. The number of alkyl carbamates (subject to hydrolysis) is 1. The minimum Gasteiger partial charge on any atom is -1.00 e. The Balaban J connectivity index is -0.0000000918. The highest BCUT2D eigenvalue weighted by Crippen LogP contribution is 2.20. The molecule has 0 aromatic carbocycles. The number of hydrogen-bond acceptors (Lipinski definition) is 19. The number of ether oxygens (including phenoxy) is 3. The zero-order chi connectivity index (χ0) is 79.6. The van der Waals surface area contributed by atoms with Crippen molar-refractivity contribution < 1.29 is 95.6 Å². The molecule has 0 radical (unpaired) electrons. The van der Waals surface area contributed by atoms with E-state index in [9.17, 15) is 58.2 Å². The molecule has 0 aliphatic heterocycles. The Hall–Kier alpha value is -5.62. The quantitative estimate of drug-likeness (QED) is 0.0375. The van der Waals surface area contributed by atoms with Crippen molar-refractivity contribution in [2.24, 2.45) is 47.3 Å². The van der Waals surface area contributed by atoms with Crippen molar-refractivity contribution in [1.82, 2.24) is 47.9 Å². The van der Waals surface area contributed by atoms with Crippen molar-refractivity contribution >= 4 is 72.2 Å². The number of aliphatic hydroxyl groups is 3. The van der Waals surface area contributed by atoms with Gasteiger partial charge in [-0.05, 0) is 140 Å². The summed E-state index contributed by atoms with van der Waals surface area (Å²) in [4.78, 5) is 118. The number of amides is 7. The number of thioether (sulfide) groups is 1. The summed E-state index contributed by atoms with van der Waals surface area (Å²) >= 11 is 1.75. The number of quaternary nitrogens is 1. The van der Waals surface area contributed by atoms with E-state index in [4.69, 9.17) is 9.84 Å². The van der Waals surface area contributed by atoms with Gasteiger partial charge in [0.15, 0.2) is 6.04 Å². The molecule has 106 heavy (non-hydrogen) atoms. The fourth-order valence-electron chi connectivity index (χ4n) is 8.44. The Bertz CT molecular complexity index is 2360. The van der Waals surface area contributed by atoms with Crippen molar-refractivity contribution in [1.29, 1.82) is 0 Å². The zero-order valence-electron chi connectivity index (χ0n) is 67.3. The number of methoxy groups -OCH3 is 2. The van der Waals surface area contributed by atoms with E-state index in [1.165, 1.54) is 0 Å². The number of carbonyl (C=O) groups is 10. The number of halogens is 1. The molecule has 2 aliphatic carbocycles. The lowest BCUT2D eigenvalue weighted by molar-refractivity contribution is -0.414.